The average Bonchev–Trinajstić information content (AvgIpc) is 3.50. The first-order valence-corrected chi connectivity index (χ1v) is 10.6. The molecular formula is C21H27BrN4O. The molecule has 1 saturated carbocycles. The number of nitrogens with zero attached hydrogens (tertiary/aromatic N) is 3. The van der Waals surface area contributed by atoms with Crippen LogP contribution in [0.25, 0.3) is 0 Å². The van der Waals surface area contributed by atoms with Gasteiger partial charge in [0, 0.05) is 29.5 Å². The largest absolute Gasteiger partial charge is 0.394 e. The summed E-state index contributed by atoms with van der Waals surface area (Å²) in [5.41, 5.74) is 2.77. The lowest BCUT2D eigenvalue weighted by Crippen LogP contribution is -2.32. The molecule has 6 heteroatoms. The van der Waals surface area contributed by atoms with E-state index in [-0.39, 0.29) is 12.6 Å². The molecule has 2 aliphatic rings. The molecule has 1 aliphatic carbocycles. The zero-order chi connectivity index (χ0) is 19.0. The van der Waals surface area contributed by atoms with Crippen molar-refractivity contribution in [2.75, 3.05) is 23.4 Å². The smallest absolute Gasteiger partial charge is 0.136 e. The lowest BCUT2D eigenvalue weighted by Gasteiger charge is -2.31. The van der Waals surface area contributed by atoms with Crippen LogP contribution in [-0.4, -0.2) is 34.3 Å². The molecule has 0 spiro atoms. The number of hydrogen-bond acceptors (Lipinski definition) is 5. The predicted molar refractivity (Wildman–Crippen MR) is 112 cm³/mol. The van der Waals surface area contributed by atoms with Gasteiger partial charge in [-0.25, -0.2) is 9.97 Å². The first kappa shape index (κ1) is 18.7. The van der Waals surface area contributed by atoms with Gasteiger partial charge in [-0.15, -0.1) is 0 Å². The number of benzene rings is 1. The van der Waals surface area contributed by atoms with Crippen LogP contribution in [0.2, 0.25) is 0 Å². The highest BCUT2D eigenvalue weighted by Gasteiger charge is 2.29. The van der Waals surface area contributed by atoms with Crippen LogP contribution in [0.5, 0.6) is 0 Å². The molecule has 0 radical (unpaired) electrons. The summed E-state index contributed by atoms with van der Waals surface area (Å²) < 4.78 is 1.14. The summed E-state index contributed by atoms with van der Waals surface area (Å²) in [6.45, 7) is 6.14. The molecule has 2 heterocycles. The number of aromatic nitrogens is 2. The minimum atomic E-state index is -0.000708. The molecule has 144 valence electrons. The Balaban J connectivity index is 1.61. The summed E-state index contributed by atoms with van der Waals surface area (Å²) in [4.78, 5) is 12.0. The minimum absolute atomic E-state index is 0.000708. The van der Waals surface area contributed by atoms with Crippen molar-refractivity contribution in [1.82, 2.24) is 9.97 Å². The maximum absolute atomic E-state index is 9.68. The van der Waals surface area contributed by atoms with Crippen molar-refractivity contribution in [1.29, 1.82) is 0 Å². The molecule has 0 bridgehead atoms. The van der Waals surface area contributed by atoms with Gasteiger partial charge in [0.2, 0.25) is 0 Å². The molecule has 1 atom stereocenters. The van der Waals surface area contributed by atoms with Crippen LogP contribution in [0.1, 0.15) is 49.6 Å². The number of hydrogen-bond donors (Lipinski definition) is 2. The molecular weight excluding hydrogens is 404 g/mol. The van der Waals surface area contributed by atoms with Crippen molar-refractivity contribution in [2.45, 2.75) is 51.6 Å². The SMILES string of the molecule is CC(C)[C@@H](CO)Nc1cc(N2CCc3cc(Br)ccc3C2)nc(C2CC2)n1. The first-order chi connectivity index (χ1) is 13.0. The van der Waals surface area contributed by atoms with Gasteiger partial charge >= 0.3 is 0 Å². The highest BCUT2D eigenvalue weighted by atomic mass is 79.9. The summed E-state index contributed by atoms with van der Waals surface area (Å²) in [6, 6.07) is 8.58. The average molecular weight is 431 g/mol. The fourth-order valence-electron chi connectivity index (χ4n) is 3.54. The number of aliphatic hydroxyl groups is 1. The number of anilines is 2. The van der Waals surface area contributed by atoms with E-state index >= 15 is 0 Å². The highest BCUT2D eigenvalue weighted by molar-refractivity contribution is 9.10. The predicted octanol–water partition coefficient (Wildman–Crippen LogP) is 4.11. The second kappa shape index (κ2) is 7.76. The van der Waals surface area contributed by atoms with E-state index < -0.39 is 0 Å². The maximum Gasteiger partial charge on any atom is 0.136 e. The number of fused-ring (bicyclic) bond motifs is 1. The van der Waals surface area contributed by atoms with E-state index in [1.54, 1.807) is 0 Å². The van der Waals surface area contributed by atoms with Gasteiger partial charge in [-0.2, -0.15) is 0 Å². The van der Waals surface area contributed by atoms with Gasteiger partial charge in [0.05, 0.1) is 12.6 Å². The second-order valence-electron chi connectivity index (χ2n) is 8.01. The molecule has 2 aromatic rings. The molecule has 5 nitrogen and oxygen atoms in total. The van der Waals surface area contributed by atoms with E-state index in [1.807, 2.05) is 6.07 Å². The second-order valence-corrected chi connectivity index (χ2v) is 8.92. The standard InChI is InChI=1S/C21H27BrN4O/c1-13(2)18(12-27)23-19-10-20(25-21(24-19)14-3-4-14)26-8-7-15-9-17(22)6-5-16(15)11-26/h5-6,9-10,13-14,18,27H,3-4,7-8,11-12H2,1-2H3,(H,23,24,25)/t18-/m1/s1. The zero-order valence-corrected chi connectivity index (χ0v) is 17.5. The third-order valence-corrected chi connectivity index (χ3v) is 6.00. The highest BCUT2D eigenvalue weighted by Crippen LogP contribution is 2.39. The van der Waals surface area contributed by atoms with Crippen molar-refractivity contribution in [2.24, 2.45) is 5.92 Å². The Labute approximate surface area is 169 Å². The van der Waals surface area contributed by atoms with Crippen LogP contribution < -0.4 is 10.2 Å². The molecule has 1 aromatic carbocycles. The monoisotopic (exact) mass is 430 g/mol. The molecule has 0 saturated heterocycles. The van der Waals surface area contributed by atoms with Gasteiger partial charge in [-0.3, -0.25) is 0 Å². The first-order valence-electron chi connectivity index (χ1n) is 9.82. The van der Waals surface area contributed by atoms with Crippen LogP contribution in [0.15, 0.2) is 28.7 Å². The summed E-state index contributed by atoms with van der Waals surface area (Å²) in [6.07, 6.45) is 3.37. The molecule has 0 amide bonds. The van der Waals surface area contributed by atoms with Gasteiger partial charge in [0.25, 0.3) is 0 Å². The third-order valence-electron chi connectivity index (χ3n) is 5.51. The van der Waals surface area contributed by atoms with Gasteiger partial charge in [-0.1, -0.05) is 35.8 Å². The summed E-state index contributed by atoms with van der Waals surface area (Å²) in [5, 5.41) is 13.1. The Kier molecular flexibility index (Phi) is 5.37. The molecule has 0 unspecified atom stereocenters. The van der Waals surface area contributed by atoms with Crippen molar-refractivity contribution >= 4 is 27.6 Å². The Bertz CT molecular complexity index is 822. The quantitative estimate of drug-likeness (QED) is 0.721. The Morgan fingerprint density at radius 2 is 2.04 bits per heavy atom. The topological polar surface area (TPSA) is 61.3 Å². The van der Waals surface area contributed by atoms with Gasteiger partial charge in [0.1, 0.15) is 17.5 Å². The Hall–Kier alpha value is -1.66. The molecule has 4 rings (SSSR count). The van der Waals surface area contributed by atoms with Gasteiger partial charge in [0.15, 0.2) is 0 Å². The third kappa shape index (κ3) is 4.27. The molecule has 27 heavy (non-hydrogen) atoms. The molecule has 1 aromatic heterocycles. The van der Waals surface area contributed by atoms with E-state index in [0.717, 1.165) is 41.4 Å². The van der Waals surface area contributed by atoms with Crippen molar-refractivity contribution in [3.63, 3.8) is 0 Å². The van der Waals surface area contributed by atoms with E-state index in [1.165, 1.54) is 24.0 Å². The summed E-state index contributed by atoms with van der Waals surface area (Å²) >= 11 is 3.57. The normalized spacial score (nSPS) is 17.7. The van der Waals surface area contributed by atoms with Gasteiger partial charge < -0.3 is 15.3 Å². The van der Waals surface area contributed by atoms with E-state index in [0.29, 0.717) is 11.8 Å². The van der Waals surface area contributed by atoms with Gasteiger partial charge in [-0.05, 0) is 48.4 Å². The Morgan fingerprint density at radius 1 is 1.22 bits per heavy atom. The molecule has 1 fully saturated rings. The zero-order valence-electron chi connectivity index (χ0n) is 16.0. The van der Waals surface area contributed by atoms with Crippen molar-refractivity contribution < 1.29 is 5.11 Å². The lowest BCUT2D eigenvalue weighted by molar-refractivity contribution is 0.249. The number of halogens is 1. The molecule has 1 aliphatic heterocycles. The fraction of sp³-hybridized carbons (Fsp3) is 0.524. The number of nitrogens with one attached hydrogen (secondary N) is 1. The van der Waals surface area contributed by atoms with Crippen LogP contribution in [0, 0.1) is 5.92 Å². The van der Waals surface area contributed by atoms with Crippen LogP contribution >= 0.6 is 15.9 Å². The molecule has 2 N–H and O–H groups in total. The van der Waals surface area contributed by atoms with Crippen molar-refractivity contribution in [3.8, 4) is 0 Å². The van der Waals surface area contributed by atoms with E-state index in [2.05, 4.69) is 58.2 Å². The van der Waals surface area contributed by atoms with Crippen LogP contribution in [0.4, 0.5) is 11.6 Å². The maximum atomic E-state index is 9.68. The number of aliphatic hydroxyl groups excluding tert-OH is 1. The fourth-order valence-corrected chi connectivity index (χ4v) is 3.95. The number of rotatable bonds is 6. The van der Waals surface area contributed by atoms with Crippen LogP contribution in [-0.2, 0) is 13.0 Å². The van der Waals surface area contributed by atoms with E-state index in [9.17, 15) is 5.11 Å². The summed E-state index contributed by atoms with van der Waals surface area (Å²) in [7, 11) is 0. The minimum Gasteiger partial charge on any atom is -0.394 e. The Morgan fingerprint density at radius 3 is 2.74 bits per heavy atom. The van der Waals surface area contributed by atoms with Crippen molar-refractivity contribution in [3.05, 3.63) is 45.7 Å². The summed E-state index contributed by atoms with van der Waals surface area (Å²) in [5.74, 6) is 3.58. The van der Waals surface area contributed by atoms with Crippen LogP contribution in [0.3, 0.4) is 0 Å². The lowest BCUT2D eigenvalue weighted by atomic mass is 10.00. The van der Waals surface area contributed by atoms with E-state index in [4.69, 9.17) is 9.97 Å².